The van der Waals surface area contributed by atoms with E-state index in [0.29, 0.717) is 0 Å². The minimum atomic E-state index is 0. The van der Waals surface area contributed by atoms with E-state index in [1.807, 2.05) is 0 Å². The Labute approximate surface area is 306 Å². The fourth-order valence-electron chi connectivity index (χ4n) is 5.53. The predicted octanol–water partition coefficient (Wildman–Crippen LogP) is 14.3. The molecular formula is C44H70N2Pd. The smallest absolute Gasteiger partial charge is 0.493 e. The molecule has 1 aliphatic rings. The summed E-state index contributed by atoms with van der Waals surface area (Å²) in [5.41, 5.74) is 23.0. The van der Waals surface area contributed by atoms with Gasteiger partial charge in [-0.15, -0.1) is 0 Å². The number of nitrogens with zero attached hydrogens (tertiary/aromatic N) is 2. The molecule has 0 atom stereocenters. The molecule has 0 spiro atoms. The second kappa shape index (κ2) is 28.1. The molecule has 0 fully saturated rings. The van der Waals surface area contributed by atoms with Gasteiger partial charge < -0.3 is 19.4 Å². The van der Waals surface area contributed by atoms with Gasteiger partial charge in [-0.25, -0.2) is 4.70 Å². The topological polar surface area (TPSA) is 25.3 Å². The molecule has 0 radical (unpaired) electrons. The maximum Gasteiger partial charge on any atom is 2.00 e. The van der Waals surface area contributed by atoms with E-state index in [4.69, 9.17) is 0 Å². The van der Waals surface area contributed by atoms with Gasteiger partial charge >= 0.3 is 20.4 Å². The normalized spacial score (nSPS) is 12.2. The minimum Gasteiger partial charge on any atom is -0.493 e. The van der Waals surface area contributed by atoms with E-state index in [2.05, 4.69) is 105 Å². The number of benzene rings is 2. The van der Waals surface area contributed by atoms with Crippen molar-refractivity contribution in [2.75, 3.05) is 0 Å². The first kappa shape index (κ1) is 45.2. The molecule has 0 saturated heterocycles. The Morgan fingerprint density at radius 1 is 0.489 bits per heavy atom. The van der Waals surface area contributed by atoms with Crippen LogP contribution in [0.2, 0.25) is 0 Å². The Hall–Kier alpha value is -1.82. The molecule has 266 valence electrons. The van der Waals surface area contributed by atoms with Gasteiger partial charge in [0.25, 0.3) is 0 Å². The number of allylic oxidation sites excluding steroid dienone is 2. The van der Waals surface area contributed by atoms with Gasteiger partial charge in [-0.05, 0) is 111 Å². The maximum atomic E-state index is 11.8. The molecular weight excluding hydrogens is 663 g/mol. The Bertz CT molecular complexity index is 1130. The molecule has 3 heteroatoms. The summed E-state index contributed by atoms with van der Waals surface area (Å²) in [4.78, 5) is 0. The molecule has 1 aliphatic heterocycles. The van der Waals surface area contributed by atoms with Gasteiger partial charge in [-0.2, -0.15) is 12.8 Å². The molecule has 0 N–H and O–H groups in total. The molecule has 2 aromatic rings. The predicted molar refractivity (Wildman–Crippen MR) is 206 cm³/mol. The van der Waals surface area contributed by atoms with Crippen LogP contribution < -0.4 is 0 Å². The van der Waals surface area contributed by atoms with E-state index in [1.165, 1.54) is 102 Å². The standard InChI is InChI=1S/C36H52N2.2C4H9.Pd/c1-6-11-16-28-21-29(17-12-7-2)24-33(23-28)35-27-32(20-15-10-5)36(38(35)37)34-25-30(18-13-8-3)22-31(26-34)19-14-9-4;2*1-3-4-2;/h21-27H,6-20H2,1-5H3;2*1,3-4H2,2H3;/q;2*-1;+2. The van der Waals surface area contributed by atoms with Crippen LogP contribution in [-0.4, -0.2) is 4.70 Å². The summed E-state index contributed by atoms with van der Waals surface area (Å²) in [6.45, 7) is 22.7. The van der Waals surface area contributed by atoms with E-state index in [0.717, 1.165) is 74.7 Å². The molecule has 0 saturated carbocycles. The molecule has 0 unspecified atom stereocenters. The van der Waals surface area contributed by atoms with Gasteiger partial charge in [0.15, 0.2) is 0 Å². The zero-order chi connectivity index (χ0) is 34.2. The van der Waals surface area contributed by atoms with Crippen molar-refractivity contribution in [3.63, 3.8) is 0 Å². The zero-order valence-corrected chi connectivity index (χ0v) is 33.2. The summed E-state index contributed by atoms with van der Waals surface area (Å²) in [6.07, 6.45) is 24.1. The summed E-state index contributed by atoms with van der Waals surface area (Å²) in [7, 11) is 0. The molecule has 3 rings (SSSR count). The van der Waals surface area contributed by atoms with Crippen molar-refractivity contribution in [1.29, 1.82) is 0 Å². The van der Waals surface area contributed by atoms with Crippen LogP contribution in [0.3, 0.4) is 0 Å². The average molecular weight is 733 g/mol. The molecule has 1 heterocycles. The molecule has 47 heavy (non-hydrogen) atoms. The number of hydrogen-bond acceptors (Lipinski definition) is 0. The molecule has 0 aromatic heterocycles. The fourth-order valence-corrected chi connectivity index (χ4v) is 5.53. The van der Waals surface area contributed by atoms with E-state index in [-0.39, 0.29) is 20.4 Å². The number of unbranched alkanes of at least 4 members (excludes halogenated alkanes) is 7. The fraction of sp³-hybridized carbons (Fsp3) is 0.591. The Morgan fingerprint density at radius 3 is 1.13 bits per heavy atom. The summed E-state index contributed by atoms with van der Waals surface area (Å²) in [5, 5.41) is 0. The van der Waals surface area contributed by atoms with Crippen molar-refractivity contribution in [2.24, 2.45) is 0 Å². The van der Waals surface area contributed by atoms with Crippen molar-refractivity contribution in [1.82, 2.24) is 0 Å². The summed E-state index contributed by atoms with van der Waals surface area (Å²) in [5.74, 6) is 0. The van der Waals surface area contributed by atoms with Crippen LogP contribution in [0.4, 0.5) is 0 Å². The molecule has 2 aromatic carbocycles. The van der Waals surface area contributed by atoms with Gasteiger partial charge in [-0.1, -0.05) is 106 Å². The first-order valence-electron chi connectivity index (χ1n) is 19.2. The summed E-state index contributed by atoms with van der Waals surface area (Å²) in [6, 6.07) is 14.1. The van der Waals surface area contributed by atoms with E-state index >= 15 is 0 Å². The third-order valence-corrected chi connectivity index (χ3v) is 8.51. The van der Waals surface area contributed by atoms with Crippen LogP contribution >= 0.6 is 0 Å². The van der Waals surface area contributed by atoms with Crippen molar-refractivity contribution < 1.29 is 25.1 Å². The number of rotatable bonds is 19. The van der Waals surface area contributed by atoms with Crippen LogP contribution in [0.15, 0.2) is 48.0 Å². The second-order valence-electron chi connectivity index (χ2n) is 13.0. The van der Waals surface area contributed by atoms with Crippen LogP contribution in [0.25, 0.3) is 16.9 Å². The van der Waals surface area contributed by atoms with Crippen molar-refractivity contribution in [3.05, 3.63) is 101 Å². The van der Waals surface area contributed by atoms with Crippen LogP contribution in [0.5, 0.6) is 0 Å². The average Bonchev–Trinajstić information content (AvgIpc) is 3.42. The molecule has 0 aliphatic carbocycles. The van der Waals surface area contributed by atoms with Gasteiger partial charge in [0.1, 0.15) is 0 Å². The van der Waals surface area contributed by atoms with Crippen molar-refractivity contribution in [3.8, 4) is 0 Å². The molecule has 0 bridgehead atoms. The summed E-state index contributed by atoms with van der Waals surface area (Å²) >= 11 is 0. The van der Waals surface area contributed by atoms with Gasteiger partial charge in [0.05, 0.1) is 0 Å². The van der Waals surface area contributed by atoms with Gasteiger partial charge in [-0.3, -0.25) is 0 Å². The largest absolute Gasteiger partial charge is 2.00 e. The Morgan fingerprint density at radius 2 is 0.809 bits per heavy atom. The SMILES string of the molecule is CCCCC1=C(c2cc(CCCC)cc(CCCC)c2)[N+](=[N-])C(c2cc(CCCC)cc(CCCC)c2)=C1.[CH2-]CCC.[CH2-]CCC.[Pd+2]. The van der Waals surface area contributed by atoms with Gasteiger partial charge in [0.2, 0.25) is 11.4 Å². The van der Waals surface area contributed by atoms with E-state index in [1.54, 1.807) is 0 Å². The number of hydrogen-bond donors (Lipinski definition) is 0. The Balaban J connectivity index is 0.00000211. The maximum absolute atomic E-state index is 11.8. The van der Waals surface area contributed by atoms with Crippen molar-refractivity contribution in [2.45, 2.75) is 170 Å². The Kier molecular flexibility index (Phi) is 27.0. The van der Waals surface area contributed by atoms with Gasteiger partial charge in [0, 0.05) is 22.8 Å². The first-order chi connectivity index (χ1) is 22.4. The van der Waals surface area contributed by atoms with Crippen LogP contribution in [-0.2, 0) is 46.1 Å². The second-order valence-corrected chi connectivity index (χ2v) is 13.0. The summed E-state index contributed by atoms with van der Waals surface area (Å²) < 4.78 is 1.52. The number of aryl methyl sites for hydroxylation is 4. The van der Waals surface area contributed by atoms with E-state index < -0.39 is 0 Å². The quantitative estimate of drug-likeness (QED) is 0.0781. The van der Waals surface area contributed by atoms with Crippen LogP contribution in [0, 0.1) is 13.8 Å². The van der Waals surface area contributed by atoms with E-state index in [9.17, 15) is 5.53 Å². The third-order valence-electron chi connectivity index (χ3n) is 8.51. The third kappa shape index (κ3) is 16.9. The first-order valence-corrected chi connectivity index (χ1v) is 19.2. The van der Waals surface area contributed by atoms with Crippen LogP contribution in [0.1, 0.15) is 178 Å². The minimum absolute atomic E-state index is 0. The molecule has 2 nitrogen and oxygen atoms in total. The van der Waals surface area contributed by atoms with Crippen molar-refractivity contribution >= 4 is 11.4 Å². The molecule has 0 amide bonds. The monoisotopic (exact) mass is 732 g/mol. The zero-order valence-electron chi connectivity index (χ0n) is 31.6.